The van der Waals surface area contributed by atoms with Crippen molar-refractivity contribution in [1.29, 1.82) is 0 Å². The Hall–Kier alpha value is -1.62. The number of benzene rings is 3. The van der Waals surface area contributed by atoms with Gasteiger partial charge in [0.1, 0.15) is 0 Å². The molecule has 0 saturated carbocycles. The van der Waals surface area contributed by atoms with Crippen LogP contribution in [0.4, 0.5) is 0 Å². The molecule has 2 nitrogen and oxygen atoms in total. The fourth-order valence-electron chi connectivity index (χ4n) is 1.36. The van der Waals surface area contributed by atoms with Crippen molar-refractivity contribution < 1.29 is 9.84 Å². The Balaban J connectivity index is 0. The molecule has 25 heavy (non-hydrogen) atoms. The Labute approximate surface area is 169 Å². The smallest absolute Gasteiger partial charge is 0.0697 e. The van der Waals surface area contributed by atoms with Crippen LogP contribution in [0, 0.1) is 0 Å². The first-order valence-corrected chi connectivity index (χ1v) is 8.10. The van der Waals surface area contributed by atoms with E-state index in [-0.39, 0.29) is 30.5 Å². The van der Waals surface area contributed by atoms with Gasteiger partial charge in [-0.2, -0.15) is 0 Å². The van der Waals surface area contributed by atoms with Crippen molar-refractivity contribution in [3.8, 4) is 0 Å². The molecule has 3 heteroatoms. The largest absolute Gasteiger partial charge is 0.394 e. The zero-order chi connectivity index (χ0) is 17.6. The summed E-state index contributed by atoms with van der Waals surface area (Å²) in [6.45, 7) is 3.20. The van der Waals surface area contributed by atoms with Crippen LogP contribution in [0.3, 0.4) is 0 Å². The summed E-state index contributed by atoms with van der Waals surface area (Å²) in [5.41, 5.74) is 0. The van der Waals surface area contributed by atoms with Gasteiger partial charge in [-0.3, -0.25) is 0 Å². The zero-order valence-electron chi connectivity index (χ0n) is 14.9. The molecule has 0 spiro atoms. The minimum Gasteiger partial charge on any atom is -0.394 e. The normalized spacial score (nSPS) is 7.92. The van der Waals surface area contributed by atoms with Crippen molar-refractivity contribution in [3.05, 3.63) is 109 Å². The summed E-state index contributed by atoms with van der Waals surface area (Å²) < 4.78 is 4.73. The predicted octanol–water partition coefficient (Wildman–Crippen LogP) is 4.69. The summed E-state index contributed by atoms with van der Waals surface area (Å²) in [6.07, 6.45) is 0. The fraction of sp³-hybridized carbons (Fsp3) is 0.182. The molecule has 0 aliphatic heterocycles. The van der Waals surface area contributed by atoms with E-state index in [2.05, 4.69) is 0 Å². The van der Waals surface area contributed by atoms with Gasteiger partial charge in [0.15, 0.2) is 0 Å². The van der Waals surface area contributed by atoms with Crippen LogP contribution in [0.5, 0.6) is 0 Å². The molecule has 1 N–H and O–H groups in total. The molecule has 0 aliphatic rings. The molecule has 0 atom stereocenters. The number of hydrogen-bond donors (Lipinski definition) is 1. The van der Waals surface area contributed by atoms with Crippen molar-refractivity contribution in [2.24, 2.45) is 0 Å². The van der Waals surface area contributed by atoms with Gasteiger partial charge in [-0.25, -0.2) is 0 Å². The van der Waals surface area contributed by atoms with E-state index >= 15 is 0 Å². The van der Waals surface area contributed by atoms with Gasteiger partial charge in [-0.1, -0.05) is 109 Å². The Bertz CT molecular complexity index is 359. The average molecular weight is 443 g/mol. The van der Waals surface area contributed by atoms with Gasteiger partial charge in [-0.15, -0.1) is 0 Å². The van der Waals surface area contributed by atoms with E-state index in [0.29, 0.717) is 13.2 Å². The van der Waals surface area contributed by atoms with Gasteiger partial charge >= 0.3 is 0 Å². The van der Waals surface area contributed by atoms with Crippen LogP contribution in [0.1, 0.15) is 6.92 Å². The molecular weight excluding hydrogens is 415 g/mol. The number of aliphatic hydroxyl groups is 1. The quantitative estimate of drug-likeness (QED) is 0.470. The number of aliphatic hydroxyl groups excluding tert-OH is 1. The van der Waals surface area contributed by atoms with Crippen molar-refractivity contribution in [1.82, 2.24) is 0 Å². The molecule has 3 rings (SSSR count). The van der Waals surface area contributed by atoms with E-state index in [9.17, 15) is 0 Å². The molecule has 0 heterocycles. The van der Waals surface area contributed by atoms with Crippen LogP contribution in [0.15, 0.2) is 109 Å². The molecule has 132 valence electrons. The van der Waals surface area contributed by atoms with Gasteiger partial charge in [0.25, 0.3) is 0 Å². The third-order valence-corrected chi connectivity index (χ3v) is 2.44. The van der Waals surface area contributed by atoms with E-state index in [4.69, 9.17) is 9.84 Å². The Morgan fingerprint density at radius 1 is 0.520 bits per heavy atom. The van der Waals surface area contributed by atoms with Crippen LogP contribution in [0.25, 0.3) is 0 Å². The molecule has 3 aromatic carbocycles. The summed E-state index contributed by atoms with van der Waals surface area (Å²) in [7, 11) is 0. The molecule has 0 saturated heterocycles. The first-order chi connectivity index (χ1) is 11.9. The summed E-state index contributed by atoms with van der Waals surface area (Å²) in [6, 6.07) is 36.0. The molecule has 0 unspecified atom stereocenters. The van der Waals surface area contributed by atoms with Crippen molar-refractivity contribution in [2.45, 2.75) is 6.92 Å². The Morgan fingerprint density at radius 2 is 0.720 bits per heavy atom. The maximum absolute atomic E-state index is 8.07. The maximum Gasteiger partial charge on any atom is 0.0697 e. The summed E-state index contributed by atoms with van der Waals surface area (Å²) in [5, 5.41) is 8.07. The monoisotopic (exact) mass is 444 g/mol. The second kappa shape index (κ2) is 24.6. The Kier molecular flexibility index (Phi) is 25.2. The van der Waals surface area contributed by atoms with Crippen LogP contribution in [0.2, 0.25) is 0 Å². The molecule has 4 radical (unpaired) electrons. The molecule has 0 aliphatic carbocycles. The third-order valence-electron chi connectivity index (χ3n) is 2.44. The molecule has 0 amide bonds. The summed E-state index contributed by atoms with van der Waals surface area (Å²) >= 11 is 0. The van der Waals surface area contributed by atoms with Gasteiger partial charge in [-0.05, 0) is 6.92 Å². The average Bonchev–Trinajstić information content (AvgIpc) is 2.72. The number of ether oxygens (including phenoxy) is 1. The summed E-state index contributed by atoms with van der Waals surface area (Å²) in [5.74, 6) is 0. The molecule has 0 aromatic heterocycles. The van der Waals surface area contributed by atoms with Crippen LogP contribution >= 0.6 is 0 Å². The van der Waals surface area contributed by atoms with E-state index < -0.39 is 0 Å². The number of hydrogen-bond acceptors (Lipinski definition) is 2. The minimum atomic E-state index is 0. The van der Waals surface area contributed by atoms with E-state index in [1.54, 1.807) is 0 Å². The van der Waals surface area contributed by atoms with E-state index in [1.807, 2.05) is 116 Å². The van der Waals surface area contributed by atoms with Gasteiger partial charge < -0.3 is 9.84 Å². The summed E-state index contributed by atoms with van der Waals surface area (Å²) in [4.78, 5) is 0. The van der Waals surface area contributed by atoms with Gasteiger partial charge in [0, 0.05) is 30.5 Å². The first-order valence-electron chi connectivity index (χ1n) is 8.10. The maximum atomic E-state index is 8.07. The second-order valence-electron chi connectivity index (χ2n) is 4.38. The van der Waals surface area contributed by atoms with Gasteiger partial charge in [0.05, 0.1) is 13.2 Å². The SMILES string of the molecule is CCOCCO.[Sn].c1ccccc1.c1ccccc1.c1ccccc1. The third kappa shape index (κ3) is 24.7. The number of rotatable bonds is 3. The van der Waals surface area contributed by atoms with Crippen LogP contribution < -0.4 is 0 Å². The molecular formula is C22H28O2Sn. The first kappa shape index (κ1) is 25.6. The predicted molar refractivity (Wildman–Crippen MR) is 109 cm³/mol. The topological polar surface area (TPSA) is 29.5 Å². The van der Waals surface area contributed by atoms with Crippen molar-refractivity contribution in [3.63, 3.8) is 0 Å². The van der Waals surface area contributed by atoms with Crippen molar-refractivity contribution >= 4 is 23.9 Å². The zero-order valence-corrected chi connectivity index (χ0v) is 17.7. The van der Waals surface area contributed by atoms with Crippen molar-refractivity contribution in [2.75, 3.05) is 19.8 Å². The second-order valence-corrected chi connectivity index (χ2v) is 4.38. The molecule has 0 fully saturated rings. The van der Waals surface area contributed by atoms with E-state index in [0.717, 1.165) is 0 Å². The standard InChI is InChI=1S/3C6H6.C4H10O2.Sn/c3*1-2-4-6-5-3-1;1-2-6-4-3-5;/h3*1-6H;5H,2-4H2,1H3;. The molecule has 0 bridgehead atoms. The van der Waals surface area contributed by atoms with Crippen LogP contribution in [-0.4, -0.2) is 48.8 Å². The fourth-order valence-corrected chi connectivity index (χ4v) is 1.36. The Morgan fingerprint density at radius 3 is 0.800 bits per heavy atom. The van der Waals surface area contributed by atoms with Crippen LogP contribution in [-0.2, 0) is 4.74 Å². The van der Waals surface area contributed by atoms with E-state index in [1.165, 1.54) is 0 Å². The van der Waals surface area contributed by atoms with Gasteiger partial charge in [0.2, 0.25) is 0 Å². The minimum absolute atomic E-state index is 0. The molecule has 3 aromatic rings.